The van der Waals surface area contributed by atoms with E-state index in [0.717, 1.165) is 0 Å². The monoisotopic (exact) mass is 136 g/mol. The van der Waals surface area contributed by atoms with Crippen molar-refractivity contribution in [2.75, 3.05) is 0 Å². The van der Waals surface area contributed by atoms with Gasteiger partial charge in [0.2, 0.25) is 0 Å². The van der Waals surface area contributed by atoms with E-state index in [4.69, 9.17) is 5.26 Å². The summed E-state index contributed by atoms with van der Waals surface area (Å²) in [5.74, 6) is 0. The maximum absolute atomic E-state index is 8.32. The van der Waals surface area contributed by atoms with Crippen LogP contribution in [-0.4, -0.2) is 14.8 Å². The van der Waals surface area contributed by atoms with Crippen LogP contribution in [0.4, 0.5) is 0 Å². The number of hydrogen-bond acceptors (Lipinski definition) is 3. The fourth-order valence-corrected chi connectivity index (χ4v) is 0.671. The van der Waals surface area contributed by atoms with Crippen molar-refractivity contribution in [3.8, 4) is 6.07 Å². The first-order valence-corrected chi connectivity index (χ1v) is 3.05. The van der Waals surface area contributed by atoms with Gasteiger partial charge >= 0.3 is 0 Å². The molecule has 0 aromatic carbocycles. The molecule has 1 atom stereocenters. The Morgan fingerprint density at radius 3 is 3.10 bits per heavy atom. The van der Waals surface area contributed by atoms with E-state index in [1.165, 1.54) is 6.33 Å². The summed E-state index contributed by atoms with van der Waals surface area (Å²) in [4.78, 5) is 3.77. The first kappa shape index (κ1) is 6.75. The highest BCUT2D eigenvalue weighted by molar-refractivity contribution is 4.76. The zero-order valence-corrected chi connectivity index (χ0v) is 5.73. The highest BCUT2D eigenvalue weighted by Crippen LogP contribution is 2.04. The predicted molar refractivity (Wildman–Crippen MR) is 35.0 cm³/mol. The van der Waals surface area contributed by atoms with Gasteiger partial charge in [-0.2, -0.15) is 10.4 Å². The summed E-state index contributed by atoms with van der Waals surface area (Å²) in [6, 6.07) is 2.20. The van der Waals surface area contributed by atoms with E-state index in [1.807, 2.05) is 6.92 Å². The lowest BCUT2D eigenvalue weighted by molar-refractivity contribution is 0.499. The summed E-state index contributed by atoms with van der Waals surface area (Å²) >= 11 is 0. The second kappa shape index (κ2) is 2.97. The molecular formula is C6H8N4. The zero-order valence-electron chi connectivity index (χ0n) is 5.73. The first-order valence-electron chi connectivity index (χ1n) is 3.05. The van der Waals surface area contributed by atoms with Crippen molar-refractivity contribution in [3.63, 3.8) is 0 Å². The van der Waals surface area contributed by atoms with Crippen LogP contribution in [0.1, 0.15) is 19.4 Å². The van der Waals surface area contributed by atoms with Crippen molar-refractivity contribution in [2.45, 2.75) is 19.4 Å². The van der Waals surface area contributed by atoms with Gasteiger partial charge in [-0.1, -0.05) is 0 Å². The maximum Gasteiger partial charge on any atom is 0.137 e. The minimum atomic E-state index is 0.132. The highest BCUT2D eigenvalue weighted by atomic mass is 15.3. The average Bonchev–Trinajstić information content (AvgIpc) is 2.38. The standard InChI is InChI=1S/C6H8N4/c1-6(2-3-7)10-5-8-4-9-10/h4-6H,2H2,1H3. The fraction of sp³-hybridized carbons (Fsp3) is 0.500. The van der Waals surface area contributed by atoms with Crippen molar-refractivity contribution in [1.82, 2.24) is 14.8 Å². The number of aromatic nitrogens is 3. The number of rotatable bonds is 2. The van der Waals surface area contributed by atoms with Crippen molar-refractivity contribution < 1.29 is 0 Å². The van der Waals surface area contributed by atoms with E-state index in [-0.39, 0.29) is 6.04 Å². The molecule has 0 aliphatic carbocycles. The third kappa shape index (κ3) is 1.32. The summed E-state index contributed by atoms with van der Waals surface area (Å²) in [6.07, 6.45) is 3.55. The van der Waals surface area contributed by atoms with Crippen molar-refractivity contribution in [2.24, 2.45) is 0 Å². The molecule has 0 bridgehead atoms. The van der Waals surface area contributed by atoms with Gasteiger partial charge in [-0.25, -0.2) is 9.67 Å². The van der Waals surface area contributed by atoms with Crippen LogP contribution in [0.3, 0.4) is 0 Å². The molecule has 52 valence electrons. The Morgan fingerprint density at radius 2 is 2.60 bits per heavy atom. The summed E-state index contributed by atoms with van der Waals surface area (Å²) in [6.45, 7) is 1.93. The van der Waals surface area contributed by atoms with Crippen LogP contribution in [0.5, 0.6) is 0 Å². The largest absolute Gasteiger partial charge is 0.249 e. The Bertz CT molecular complexity index is 220. The number of nitriles is 1. The third-order valence-corrected chi connectivity index (χ3v) is 1.27. The van der Waals surface area contributed by atoms with Crippen LogP contribution in [-0.2, 0) is 0 Å². The zero-order chi connectivity index (χ0) is 7.40. The molecule has 0 saturated heterocycles. The van der Waals surface area contributed by atoms with Crippen molar-refractivity contribution in [3.05, 3.63) is 12.7 Å². The molecule has 1 rings (SSSR count). The normalized spacial score (nSPS) is 12.4. The van der Waals surface area contributed by atoms with E-state index in [1.54, 1.807) is 11.0 Å². The van der Waals surface area contributed by atoms with Gasteiger partial charge in [0.1, 0.15) is 12.7 Å². The molecule has 0 N–H and O–H groups in total. The molecule has 1 unspecified atom stereocenters. The van der Waals surface area contributed by atoms with Gasteiger partial charge in [-0.15, -0.1) is 0 Å². The molecule has 0 amide bonds. The van der Waals surface area contributed by atoms with Crippen LogP contribution in [0, 0.1) is 11.3 Å². The average molecular weight is 136 g/mol. The van der Waals surface area contributed by atoms with Crippen LogP contribution < -0.4 is 0 Å². The molecule has 4 heteroatoms. The molecule has 0 aliphatic heterocycles. The number of nitrogens with zero attached hydrogens (tertiary/aromatic N) is 4. The SMILES string of the molecule is CC(CC#N)n1cncn1. The molecule has 1 aromatic heterocycles. The topological polar surface area (TPSA) is 54.5 Å². The second-order valence-electron chi connectivity index (χ2n) is 2.09. The van der Waals surface area contributed by atoms with Crippen molar-refractivity contribution >= 4 is 0 Å². The van der Waals surface area contributed by atoms with Crippen LogP contribution in [0.2, 0.25) is 0 Å². The molecule has 0 fully saturated rings. The molecule has 1 heterocycles. The molecular weight excluding hydrogens is 128 g/mol. The lowest BCUT2D eigenvalue weighted by Crippen LogP contribution is -2.03. The quantitative estimate of drug-likeness (QED) is 0.602. The fourth-order valence-electron chi connectivity index (χ4n) is 0.671. The Hall–Kier alpha value is -1.37. The third-order valence-electron chi connectivity index (χ3n) is 1.27. The molecule has 10 heavy (non-hydrogen) atoms. The molecule has 1 aromatic rings. The van der Waals surface area contributed by atoms with E-state index in [0.29, 0.717) is 6.42 Å². The summed E-state index contributed by atoms with van der Waals surface area (Å²) in [7, 11) is 0. The summed E-state index contributed by atoms with van der Waals surface area (Å²) in [5, 5.41) is 12.2. The van der Waals surface area contributed by atoms with E-state index in [2.05, 4.69) is 16.2 Å². The Labute approximate surface area is 59.1 Å². The van der Waals surface area contributed by atoms with Crippen LogP contribution in [0.15, 0.2) is 12.7 Å². The van der Waals surface area contributed by atoms with Crippen molar-refractivity contribution in [1.29, 1.82) is 5.26 Å². The van der Waals surface area contributed by atoms with Crippen LogP contribution >= 0.6 is 0 Å². The molecule has 0 radical (unpaired) electrons. The second-order valence-corrected chi connectivity index (χ2v) is 2.09. The number of hydrogen-bond donors (Lipinski definition) is 0. The maximum atomic E-state index is 8.32. The Kier molecular flexibility index (Phi) is 2.00. The molecule has 0 spiro atoms. The van der Waals surface area contributed by atoms with Gasteiger partial charge in [0.05, 0.1) is 18.5 Å². The minimum Gasteiger partial charge on any atom is -0.249 e. The molecule has 0 saturated carbocycles. The Morgan fingerprint density at radius 1 is 1.80 bits per heavy atom. The summed E-state index contributed by atoms with van der Waals surface area (Å²) in [5.41, 5.74) is 0. The minimum absolute atomic E-state index is 0.132. The Balaban J connectivity index is 2.61. The van der Waals surface area contributed by atoms with Crippen LogP contribution in [0.25, 0.3) is 0 Å². The smallest absolute Gasteiger partial charge is 0.137 e. The van der Waals surface area contributed by atoms with E-state index in [9.17, 15) is 0 Å². The lowest BCUT2D eigenvalue weighted by atomic mass is 10.3. The molecule has 4 nitrogen and oxygen atoms in total. The van der Waals surface area contributed by atoms with Gasteiger partial charge in [-0.3, -0.25) is 0 Å². The van der Waals surface area contributed by atoms with E-state index >= 15 is 0 Å². The van der Waals surface area contributed by atoms with Gasteiger partial charge < -0.3 is 0 Å². The first-order chi connectivity index (χ1) is 4.84. The van der Waals surface area contributed by atoms with Gasteiger partial charge in [0.15, 0.2) is 0 Å². The van der Waals surface area contributed by atoms with E-state index < -0.39 is 0 Å². The highest BCUT2D eigenvalue weighted by Gasteiger charge is 2.01. The predicted octanol–water partition coefficient (Wildman–Crippen LogP) is 0.753. The van der Waals surface area contributed by atoms with Gasteiger partial charge in [0, 0.05) is 0 Å². The lowest BCUT2D eigenvalue weighted by Gasteiger charge is -2.04. The van der Waals surface area contributed by atoms with Gasteiger partial charge in [-0.05, 0) is 6.92 Å². The van der Waals surface area contributed by atoms with Gasteiger partial charge in [0.25, 0.3) is 0 Å². The molecule has 0 aliphatic rings. The summed E-state index contributed by atoms with van der Waals surface area (Å²) < 4.78 is 1.67.